The Morgan fingerprint density at radius 3 is 2.52 bits per heavy atom. The molecule has 3 rings (SSSR count). The van der Waals surface area contributed by atoms with Crippen molar-refractivity contribution in [2.24, 2.45) is 0 Å². The van der Waals surface area contributed by atoms with E-state index in [2.05, 4.69) is 27.7 Å². The lowest BCUT2D eigenvalue weighted by Crippen LogP contribution is -1.98. The summed E-state index contributed by atoms with van der Waals surface area (Å²) in [6, 6.07) is 15.8. The summed E-state index contributed by atoms with van der Waals surface area (Å²) >= 11 is 2.26. The standard InChI is InChI=1S/C18H16INO3/c1-12-8-16(23-20-12)14-9-18(17(21-2)10-15(14)19)22-11-13-6-4-3-5-7-13/h3-10H,11H2,1-2H3. The van der Waals surface area contributed by atoms with Crippen LogP contribution in [0.3, 0.4) is 0 Å². The van der Waals surface area contributed by atoms with Gasteiger partial charge in [-0.2, -0.15) is 0 Å². The molecule has 3 aromatic rings. The van der Waals surface area contributed by atoms with Gasteiger partial charge in [0, 0.05) is 15.2 Å². The van der Waals surface area contributed by atoms with Crippen LogP contribution in [-0.4, -0.2) is 12.3 Å². The van der Waals surface area contributed by atoms with E-state index >= 15 is 0 Å². The van der Waals surface area contributed by atoms with Gasteiger partial charge in [0.15, 0.2) is 17.3 Å². The number of nitrogens with zero attached hydrogens (tertiary/aromatic N) is 1. The lowest BCUT2D eigenvalue weighted by Gasteiger charge is -2.13. The lowest BCUT2D eigenvalue weighted by atomic mass is 10.1. The van der Waals surface area contributed by atoms with E-state index in [-0.39, 0.29) is 0 Å². The first-order valence-electron chi connectivity index (χ1n) is 7.15. The Balaban J connectivity index is 1.91. The summed E-state index contributed by atoms with van der Waals surface area (Å²) < 4.78 is 17.8. The molecule has 5 heteroatoms. The van der Waals surface area contributed by atoms with Crippen LogP contribution in [0.1, 0.15) is 11.3 Å². The Morgan fingerprint density at radius 2 is 1.87 bits per heavy atom. The molecule has 2 aromatic carbocycles. The number of methoxy groups -OCH3 is 1. The third-order valence-electron chi connectivity index (χ3n) is 3.38. The van der Waals surface area contributed by atoms with E-state index in [4.69, 9.17) is 14.0 Å². The van der Waals surface area contributed by atoms with E-state index in [1.54, 1.807) is 7.11 Å². The number of rotatable bonds is 5. The van der Waals surface area contributed by atoms with Gasteiger partial charge in [-0.3, -0.25) is 0 Å². The number of ether oxygens (including phenoxy) is 2. The quantitative estimate of drug-likeness (QED) is 0.553. The Hall–Kier alpha value is -2.02. The van der Waals surface area contributed by atoms with E-state index in [0.717, 1.165) is 26.2 Å². The first kappa shape index (κ1) is 15.9. The van der Waals surface area contributed by atoms with Gasteiger partial charge in [-0.05, 0) is 47.2 Å². The van der Waals surface area contributed by atoms with Crippen molar-refractivity contribution in [3.63, 3.8) is 0 Å². The number of hydrogen-bond donors (Lipinski definition) is 0. The third-order valence-corrected chi connectivity index (χ3v) is 4.28. The highest BCUT2D eigenvalue weighted by atomic mass is 127. The molecule has 0 unspecified atom stereocenters. The second-order valence-corrected chi connectivity index (χ2v) is 6.25. The number of aromatic nitrogens is 1. The van der Waals surface area contributed by atoms with Gasteiger partial charge in [-0.25, -0.2) is 0 Å². The van der Waals surface area contributed by atoms with E-state index in [0.29, 0.717) is 18.1 Å². The van der Waals surface area contributed by atoms with Gasteiger partial charge >= 0.3 is 0 Å². The molecular weight excluding hydrogens is 405 g/mol. The van der Waals surface area contributed by atoms with Crippen molar-refractivity contribution in [1.82, 2.24) is 5.16 Å². The smallest absolute Gasteiger partial charge is 0.168 e. The van der Waals surface area contributed by atoms with Crippen LogP contribution in [0.4, 0.5) is 0 Å². The van der Waals surface area contributed by atoms with Crippen LogP contribution < -0.4 is 9.47 Å². The van der Waals surface area contributed by atoms with Crippen LogP contribution in [0.2, 0.25) is 0 Å². The fraction of sp³-hybridized carbons (Fsp3) is 0.167. The first-order chi connectivity index (χ1) is 11.2. The average Bonchev–Trinajstić information content (AvgIpc) is 3.00. The van der Waals surface area contributed by atoms with Crippen LogP contribution in [0, 0.1) is 10.5 Å². The van der Waals surface area contributed by atoms with Crippen LogP contribution >= 0.6 is 22.6 Å². The summed E-state index contributed by atoms with van der Waals surface area (Å²) in [4.78, 5) is 0. The SMILES string of the molecule is COc1cc(I)c(-c2cc(C)no2)cc1OCc1ccccc1. The van der Waals surface area contributed by atoms with Gasteiger partial charge in [0.1, 0.15) is 6.61 Å². The molecule has 0 saturated heterocycles. The Morgan fingerprint density at radius 1 is 1.09 bits per heavy atom. The molecule has 0 fully saturated rings. The van der Waals surface area contributed by atoms with Crippen molar-refractivity contribution in [2.75, 3.05) is 7.11 Å². The topological polar surface area (TPSA) is 44.5 Å². The van der Waals surface area contributed by atoms with Crippen molar-refractivity contribution in [3.05, 3.63) is 63.4 Å². The molecule has 23 heavy (non-hydrogen) atoms. The van der Waals surface area contributed by atoms with E-state index in [9.17, 15) is 0 Å². The summed E-state index contributed by atoms with van der Waals surface area (Å²) in [5, 5.41) is 3.95. The van der Waals surface area contributed by atoms with Crippen molar-refractivity contribution in [3.8, 4) is 22.8 Å². The molecular formula is C18H16INO3. The van der Waals surface area contributed by atoms with Crippen LogP contribution in [0.25, 0.3) is 11.3 Å². The Labute approximate surface area is 148 Å². The van der Waals surface area contributed by atoms with E-state index in [1.165, 1.54) is 0 Å². The number of aryl methyl sites for hydroxylation is 1. The van der Waals surface area contributed by atoms with Gasteiger partial charge < -0.3 is 14.0 Å². The van der Waals surface area contributed by atoms with Gasteiger partial charge in [-0.15, -0.1) is 0 Å². The van der Waals surface area contributed by atoms with Gasteiger partial charge in [0.05, 0.1) is 12.8 Å². The maximum absolute atomic E-state index is 5.95. The summed E-state index contributed by atoms with van der Waals surface area (Å²) in [5.41, 5.74) is 2.89. The first-order valence-corrected chi connectivity index (χ1v) is 8.23. The van der Waals surface area contributed by atoms with Gasteiger partial charge in [-0.1, -0.05) is 35.5 Å². The molecule has 1 aromatic heterocycles. The minimum absolute atomic E-state index is 0.479. The summed E-state index contributed by atoms with van der Waals surface area (Å²) in [5.74, 6) is 2.10. The molecule has 0 bridgehead atoms. The van der Waals surface area contributed by atoms with E-state index < -0.39 is 0 Å². The van der Waals surface area contributed by atoms with Gasteiger partial charge in [0.2, 0.25) is 0 Å². The third kappa shape index (κ3) is 3.67. The lowest BCUT2D eigenvalue weighted by molar-refractivity contribution is 0.284. The highest BCUT2D eigenvalue weighted by Crippen LogP contribution is 2.37. The predicted molar refractivity (Wildman–Crippen MR) is 96.7 cm³/mol. The zero-order chi connectivity index (χ0) is 16.2. The maximum Gasteiger partial charge on any atom is 0.168 e. The van der Waals surface area contributed by atoms with Crippen molar-refractivity contribution < 1.29 is 14.0 Å². The molecule has 1 heterocycles. The van der Waals surface area contributed by atoms with Crippen LogP contribution in [0.15, 0.2) is 53.1 Å². The number of hydrogen-bond acceptors (Lipinski definition) is 4. The molecule has 0 atom stereocenters. The van der Waals surface area contributed by atoms with Gasteiger partial charge in [0.25, 0.3) is 0 Å². The molecule has 0 amide bonds. The summed E-state index contributed by atoms with van der Waals surface area (Å²) in [6.45, 7) is 2.38. The maximum atomic E-state index is 5.95. The molecule has 0 radical (unpaired) electrons. The highest BCUT2D eigenvalue weighted by Gasteiger charge is 2.15. The molecule has 0 spiro atoms. The predicted octanol–water partition coefficient (Wildman–Crippen LogP) is 4.84. The minimum Gasteiger partial charge on any atom is -0.493 e. The fourth-order valence-electron chi connectivity index (χ4n) is 2.22. The summed E-state index contributed by atoms with van der Waals surface area (Å²) in [6.07, 6.45) is 0. The molecule has 118 valence electrons. The molecule has 0 aliphatic heterocycles. The van der Waals surface area contributed by atoms with Crippen molar-refractivity contribution >= 4 is 22.6 Å². The van der Waals surface area contributed by atoms with Crippen LogP contribution in [0.5, 0.6) is 11.5 Å². The van der Waals surface area contributed by atoms with Crippen molar-refractivity contribution in [2.45, 2.75) is 13.5 Å². The fourth-order valence-corrected chi connectivity index (χ4v) is 2.93. The molecule has 0 N–H and O–H groups in total. The Bertz CT molecular complexity index is 799. The molecule has 4 nitrogen and oxygen atoms in total. The molecule has 0 aliphatic carbocycles. The number of halogens is 1. The minimum atomic E-state index is 0.479. The number of benzene rings is 2. The monoisotopic (exact) mass is 421 g/mol. The summed E-state index contributed by atoms with van der Waals surface area (Å²) in [7, 11) is 1.64. The highest BCUT2D eigenvalue weighted by molar-refractivity contribution is 14.1. The van der Waals surface area contributed by atoms with Crippen LogP contribution in [-0.2, 0) is 6.61 Å². The second-order valence-electron chi connectivity index (χ2n) is 5.09. The zero-order valence-corrected chi connectivity index (χ0v) is 15.0. The normalized spacial score (nSPS) is 10.6. The van der Waals surface area contributed by atoms with E-state index in [1.807, 2.05) is 55.5 Å². The average molecular weight is 421 g/mol. The largest absolute Gasteiger partial charge is 0.493 e. The van der Waals surface area contributed by atoms with Crippen molar-refractivity contribution in [1.29, 1.82) is 0 Å². The zero-order valence-electron chi connectivity index (χ0n) is 12.9. The second kappa shape index (κ2) is 7.04. The Kier molecular flexibility index (Phi) is 4.85. The molecule has 0 aliphatic rings. The molecule has 0 saturated carbocycles.